The van der Waals surface area contributed by atoms with Gasteiger partial charge in [0.15, 0.2) is 0 Å². The summed E-state index contributed by atoms with van der Waals surface area (Å²) in [7, 11) is 0. The van der Waals surface area contributed by atoms with Crippen molar-refractivity contribution in [1.82, 2.24) is 5.32 Å². The van der Waals surface area contributed by atoms with Crippen molar-refractivity contribution in [1.29, 1.82) is 0 Å². The van der Waals surface area contributed by atoms with E-state index in [4.69, 9.17) is 4.74 Å². The van der Waals surface area contributed by atoms with E-state index in [0.29, 0.717) is 0 Å². The van der Waals surface area contributed by atoms with Crippen LogP contribution < -0.4 is 10.6 Å². The Hall–Kier alpha value is -0.910. The molecule has 1 aromatic heterocycles. The van der Waals surface area contributed by atoms with Crippen molar-refractivity contribution in [2.24, 2.45) is 5.92 Å². The Kier molecular flexibility index (Phi) is 5.82. The molecule has 1 heterocycles. The number of amides is 1. The summed E-state index contributed by atoms with van der Waals surface area (Å²) in [5.74, 6) is 0.826. The summed E-state index contributed by atoms with van der Waals surface area (Å²) in [5, 5.41) is 8.23. The molecular weight excluding hydrogens is 260 g/mol. The molecule has 0 spiro atoms. The maximum absolute atomic E-state index is 11.0. The number of hydrogen-bond donors (Lipinski definition) is 2. The van der Waals surface area contributed by atoms with Crippen LogP contribution in [0.1, 0.15) is 31.1 Å². The van der Waals surface area contributed by atoms with Gasteiger partial charge in [-0.3, -0.25) is 4.79 Å². The average molecular weight is 282 g/mol. The molecule has 0 bridgehead atoms. The van der Waals surface area contributed by atoms with Crippen LogP contribution in [0.4, 0.5) is 5.69 Å². The maximum Gasteiger partial charge on any atom is 0.221 e. The summed E-state index contributed by atoms with van der Waals surface area (Å²) < 4.78 is 5.58. The van der Waals surface area contributed by atoms with E-state index in [1.54, 1.807) is 11.3 Å². The van der Waals surface area contributed by atoms with E-state index in [1.165, 1.54) is 24.6 Å². The summed E-state index contributed by atoms with van der Waals surface area (Å²) in [5.41, 5.74) is 0.926. The molecule has 0 radical (unpaired) electrons. The summed E-state index contributed by atoms with van der Waals surface area (Å²) in [6.07, 6.45) is 3.73. The van der Waals surface area contributed by atoms with Crippen LogP contribution in [0.5, 0.6) is 0 Å². The number of anilines is 1. The van der Waals surface area contributed by atoms with E-state index >= 15 is 0 Å². The van der Waals surface area contributed by atoms with Gasteiger partial charge in [-0.15, -0.1) is 11.3 Å². The van der Waals surface area contributed by atoms with E-state index in [9.17, 15) is 4.79 Å². The predicted octanol–water partition coefficient (Wildman–Crippen LogP) is 2.61. The Bertz CT molecular complexity index is 402. The second kappa shape index (κ2) is 7.62. The third-order valence-corrected chi connectivity index (χ3v) is 3.96. The van der Waals surface area contributed by atoms with E-state index in [-0.39, 0.29) is 5.91 Å². The standard InChI is InChI=1S/C14H22N2O2S/c1-11(17)16-13-5-8-19-14(13)9-15-6-2-7-18-10-12-3-4-12/h5,8,12,15H,2-4,6-7,9-10H2,1H3,(H,16,17). The molecule has 0 aromatic carbocycles. The molecule has 106 valence electrons. The van der Waals surface area contributed by atoms with Gasteiger partial charge in [0.1, 0.15) is 0 Å². The van der Waals surface area contributed by atoms with Crippen LogP contribution in [-0.2, 0) is 16.1 Å². The molecule has 5 heteroatoms. The van der Waals surface area contributed by atoms with Gasteiger partial charge in [0.2, 0.25) is 5.91 Å². The first-order valence-corrected chi connectivity index (χ1v) is 7.76. The van der Waals surface area contributed by atoms with Crippen LogP contribution in [0.3, 0.4) is 0 Å². The highest BCUT2D eigenvalue weighted by Crippen LogP contribution is 2.28. The van der Waals surface area contributed by atoms with Gasteiger partial charge < -0.3 is 15.4 Å². The first-order valence-electron chi connectivity index (χ1n) is 6.88. The summed E-state index contributed by atoms with van der Waals surface area (Å²) in [6, 6.07) is 1.95. The van der Waals surface area contributed by atoms with Crippen LogP contribution >= 0.6 is 11.3 Å². The quantitative estimate of drug-likeness (QED) is 0.685. The van der Waals surface area contributed by atoms with Crippen molar-refractivity contribution in [3.63, 3.8) is 0 Å². The predicted molar refractivity (Wildman–Crippen MR) is 78.5 cm³/mol. The van der Waals surface area contributed by atoms with Gasteiger partial charge in [-0.05, 0) is 43.2 Å². The monoisotopic (exact) mass is 282 g/mol. The minimum absolute atomic E-state index is 0.0203. The van der Waals surface area contributed by atoms with E-state index in [2.05, 4.69) is 10.6 Å². The Morgan fingerprint density at radius 1 is 1.53 bits per heavy atom. The number of rotatable bonds is 9. The third kappa shape index (κ3) is 5.72. The van der Waals surface area contributed by atoms with Crippen molar-refractivity contribution in [3.8, 4) is 0 Å². The Morgan fingerprint density at radius 3 is 3.11 bits per heavy atom. The zero-order chi connectivity index (χ0) is 13.5. The lowest BCUT2D eigenvalue weighted by atomic mass is 10.3. The first kappa shape index (κ1) is 14.5. The SMILES string of the molecule is CC(=O)Nc1ccsc1CNCCCOCC1CC1. The molecule has 0 aliphatic heterocycles. The highest BCUT2D eigenvalue weighted by atomic mass is 32.1. The highest BCUT2D eigenvalue weighted by molar-refractivity contribution is 7.10. The molecule has 1 aliphatic rings. The summed E-state index contributed by atoms with van der Waals surface area (Å²) in [4.78, 5) is 12.2. The zero-order valence-corrected chi connectivity index (χ0v) is 12.2. The molecule has 19 heavy (non-hydrogen) atoms. The molecule has 1 amide bonds. The van der Waals surface area contributed by atoms with Gasteiger partial charge in [0.25, 0.3) is 0 Å². The minimum atomic E-state index is -0.0203. The number of carbonyl (C=O) groups is 1. The molecule has 0 saturated heterocycles. The van der Waals surface area contributed by atoms with Crippen molar-refractivity contribution in [3.05, 3.63) is 16.3 Å². The maximum atomic E-state index is 11.0. The number of nitrogens with one attached hydrogen (secondary N) is 2. The van der Waals surface area contributed by atoms with Crippen LogP contribution in [0.2, 0.25) is 0 Å². The molecule has 0 atom stereocenters. The Balaban J connectivity index is 1.54. The molecule has 2 rings (SSSR count). The molecule has 1 aliphatic carbocycles. The smallest absolute Gasteiger partial charge is 0.221 e. The summed E-state index contributed by atoms with van der Waals surface area (Å²) >= 11 is 1.66. The minimum Gasteiger partial charge on any atom is -0.381 e. The fourth-order valence-corrected chi connectivity index (χ4v) is 2.61. The highest BCUT2D eigenvalue weighted by Gasteiger charge is 2.20. The fraction of sp³-hybridized carbons (Fsp3) is 0.643. The van der Waals surface area contributed by atoms with Gasteiger partial charge in [-0.25, -0.2) is 0 Å². The van der Waals surface area contributed by atoms with Gasteiger partial charge in [0.05, 0.1) is 5.69 Å². The second-order valence-corrected chi connectivity index (χ2v) is 5.99. The van der Waals surface area contributed by atoms with E-state index in [1.807, 2.05) is 11.4 Å². The topological polar surface area (TPSA) is 50.4 Å². The lowest BCUT2D eigenvalue weighted by Crippen LogP contribution is -2.17. The van der Waals surface area contributed by atoms with Crippen molar-refractivity contribution in [2.45, 2.75) is 32.7 Å². The average Bonchev–Trinajstić information content (AvgIpc) is 3.09. The third-order valence-electron chi connectivity index (χ3n) is 3.03. The molecule has 1 aromatic rings. The number of carbonyl (C=O) groups excluding carboxylic acids is 1. The molecule has 0 unspecified atom stereocenters. The first-order chi connectivity index (χ1) is 9.25. The van der Waals surface area contributed by atoms with Gasteiger partial charge in [0, 0.05) is 31.6 Å². The van der Waals surface area contributed by atoms with Gasteiger partial charge >= 0.3 is 0 Å². The van der Waals surface area contributed by atoms with E-state index in [0.717, 1.165) is 44.3 Å². The van der Waals surface area contributed by atoms with E-state index < -0.39 is 0 Å². The summed E-state index contributed by atoms with van der Waals surface area (Å²) in [6.45, 7) is 5.06. The lowest BCUT2D eigenvalue weighted by molar-refractivity contribution is -0.114. The molecule has 2 N–H and O–H groups in total. The lowest BCUT2D eigenvalue weighted by Gasteiger charge is -2.07. The van der Waals surface area contributed by atoms with Crippen LogP contribution in [0.15, 0.2) is 11.4 Å². The van der Waals surface area contributed by atoms with Crippen molar-refractivity contribution < 1.29 is 9.53 Å². The fourth-order valence-electron chi connectivity index (χ4n) is 1.81. The van der Waals surface area contributed by atoms with Crippen LogP contribution in [0.25, 0.3) is 0 Å². The van der Waals surface area contributed by atoms with Gasteiger partial charge in [-0.2, -0.15) is 0 Å². The molecule has 1 fully saturated rings. The van der Waals surface area contributed by atoms with Crippen LogP contribution in [0, 0.1) is 5.92 Å². The number of thiophene rings is 1. The second-order valence-electron chi connectivity index (χ2n) is 4.99. The zero-order valence-electron chi connectivity index (χ0n) is 11.4. The Labute approximate surface area is 118 Å². The van der Waals surface area contributed by atoms with Crippen molar-refractivity contribution >= 4 is 22.9 Å². The van der Waals surface area contributed by atoms with Gasteiger partial charge in [-0.1, -0.05) is 0 Å². The largest absolute Gasteiger partial charge is 0.381 e. The normalized spacial score (nSPS) is 14.6. The molecule has 1 saturated carbocycles. The van der Waals surface area contributed by atoms with Crippen molar-refractivity contribution in [2.75, 3.05) is 25.1 Å². The number of hydrogen-bond acceptors (Lipinski definition) is 4. The molecular formula is C14H22N2O2S. The molecule has 4 nitrogen and oxygen atoms in total. The Morgan fingerprint density at radius 2 is 2.37 bits per heavy atom. The number of ether oxygens (including phenoxy) is 1. The van der Waals surface area contributed by atoms with Crippen LogP contribution in [-0.4, -0.2) is 25.7 Å².